The monoisotopic (exact) mass is 300 g/mol. The van der Waals surface area contributed by atoms with Crippen molar-refractivity contribution in [3.05, 3.63) is 42.0 Å². The summed E-state index contributed by atoms with van der Waals surface area (Å²) in [5.74, 6) is 1.75. The molecule has 2 aromatic rings. The van der Waals surface area contributed by atoms with E-state index in [-0.39, 0.29) is 18.9 Å². The summed E-state index contributed by atoms with van der Waals surface area (Å²) in [6.45, 7) is -0.0852. The zero-order chi connectivity index (χ0) is 15.9. The number of nitriles is 1. The van der Waals surface area contributed by atoms with Crippen LogP contribution < -0.4 is 19.9 Å². The maximum atomic E-state index is 8.99. The zero-order valence-electron chi connectivity index (χ0n) is 12.1. The molecule has 114 valence electrons. The third-order valence-corrected chi connectivity index (χ3v) is 2.82. The summed E-state index contributed by atoms with van der Waals surface area (Å²) in [5.41, 5.74) is 6.56. The predicted molar refractivity (Wildman–Crippen MR) is 81.2 cm³/mol. The van der Waals surface area contributed by atoms with Gasteiger partial charge in [0.25, 0.3) is 0 Å². The number of aliphatic hydroxyl groups is 1. The molecule has 0 amide bonds. The molecule has 0 spiro atoms. The van der Waals surface area contributed by atoms with E-state index in [4.69, 9.17) is 30.3 Å². The van der Waals surface area contributed by atoms with Gasteiger partial charge in [0.05, 0.1) is 31.0 Å². The molecule has 6 nitrogen and oxygen atoms in total. The Hall–Kier alpha value is -2.91. The number of nitrogens with two attached hydrogens (primary N) is 1. The minimum absolute atomic E-state index is 0.0722. The van der Waals surface area contributed by atoms with E-state index in [1.807, 2.05) is 6.07 Å². The lowest BCUT2D eigenvalue weighted by atomic mass is 10.2. The van der Waals surface area contributed by atoms with Crippen LogP contribution in [0.2, 0.25) is 0 Å². The third kappa shape index (κ3) is 3.59. The Labute approximate surface area is 128 Å². The van der Waals surface area contributed by atoms with E-state index in [1.165, 1.54) is 12.1 Å². The Balaban J connectivity index is 2.37. The first-order valence-corrected chi connectivity index (χ1v) is 6.57. The van der Waals surface area contributed by atoms with Gasteiger partial charge in [-0.15, -0.1) is 0 Å². The Bertz CT molecular complexity index is 695. The predicted octanol–water partition coefficient (Wildman–Crippen LogP) is 2.31. The van der Waals surface area contributed by atoms with E-state index < -0.39 is 0 Å². The molecule has 0 fully saturated rings. The number of ether oxygens (including phenoxy) is 3. The smallest absolute Gasteiger partial charge is 0.192 e. The number of hydrogen-bond donors (Lipinski definition) is 2. The molecule has 22 heavy (non-hydrogen) atoms. The van der Waals surface area contributed by atoms with Gasteiger partial charge in [-0.25, -0.2) is 0 Å². The maximum Gasteiger partial charge on any atom is 0.192 e. The fourth-order valence-corrected chi connectivity index (χ4v) is 1.84. The van der Waals surface area contributed by atoms with Crippen LogP contribution in [0.4, 0.5) is 5.69 Å². The number of nitrogen functional groups attached to an aromatic ring is 1. The van der Waals surface area contributed by atoms with Gasteiger partial charge < -0.3 is 25.1 Å². The van der Waals surface area contributed by atoms with Gasteiger partial charge >= 0.3 is 0 Å². The van der Waals surface area contributed by atoms with Gasteiger partial charge in [-0.3, -0.25) is 0 Å². The molecule has 0 unspecified atom stereocenters. The van der Waals surface area contributed by atoms with Gasteiger partial charge in [0, 0.05) is 12.1 Å². The number of nitrogens with zero attached hydrogens (tertiary/aromatic N) is 1. The highest BCUT2D eigenvalue weighted by Crippen LogP contribution is 2.38. The molecule has 0 aliphatic rings. The number of hydrogen-bond acceptors (Lipinski definition) is 6. The number of anilines is 1. The zero-order valence-corrected chi connectivity index (χ0v) is 12.1. The first-order chi connectivity index (χ1) is 10.7. The second kappa shape index (κ2) is 7.20. The van der Waals surface area contributed by atoms with Gasteiger partial charge in [0.15, 0.2) is 11.5 Å². The molecular weight excluding hydrogens is 284 g/mol. The van der Waals surface area contributed by atoms with E-state index in [2.05, 4.69) is 0 Å². The summed E-state index contributed by atoms with van der Waals surface area (Å²) in [6, 6.07) is 12.0. The van der Waals surface area contributed by atoms with E-state index >= 15 is 0 Å². The van der Waals surface area contributed by atoms with Crippen molar-refractivity contribution in [1.29, 1.82) is 5.26 Å². The highest BCUT2D eigenvalue weighted by atomic mass is 16.5. The first kappa shape index (κ1) is 15.5. The van der Waals surface area contributed by atoms with Crippen LogP contribution >= 0.6 is 0 Å². The second-order valence-electron chi connectivity index (χ2n) is 4.36. The number of rotatable bonds is 6. The maximum absolute atomic E-state index is 8.99. The molecule has 6 heteroatoms. The Morgan fingerprint density at radius 1 is 1.23 bits per heavy atom. The van der Waals surface area contributed by atoms with Crippen LogP contribution in [0, 0.1) is 11.3 Å². The summed E-state index contributed by atoms with van der Waals surface area (Å²) in [6.07, 6.45) is 0. The summed E-state index contributed by atoms with van der Waals surface area (Å²) in [7, 11) is 1.56. The standard InChI is InChI=1S/C16H16N2O4/c1-20-12-3-2-4-13(9-12)22-16-14(18)7-11(10-17)8-15(16)21-6-5-19/h2-4,7-9,19H,5-6,18H2,1H3. The van der Waals surface area contributed by atoms with Crippen LogP contribution in [0.3, 0.4) is 0 Å². The lowest BCUT2D eigenvalue weighted by molar-refractivity contribution is 0.198. The van der Waals surface area contributed by atoms with Crippen LogP contribution in [0.25, 0.3) is 0 Å². The Morgan fingerprint density at radius 3 is 2.68 bits per heavy atom. The number of benzene rings is 2. The number of aliphatic hydroxyl groups excluding tert-OH is 1. The fraction of sp³-hybridized carbons (Fsp3) is 0.188. The average molecular weight is 300 g/mol. The first-order valence-electron chi connectivity index (χ1n) is 6.57. The molecule has 0 aromatic heterocycles. The Kier molecular flexibility index (Phi) is 5.07. The van der Waals surface area contributed by atoms with E-state index in [0.717, 1.165) is 0 Å². The second-order valence-corrected chi connectivity index (χ2v) is 4.36. The molecule has 2 rings (SSSR count). The molecule has 0 heterocycles. The topological polar surface area (TPSA) is 97.7 Å². The quantitative estimate of drug-likeness (QED) is 0.794. The SMILES string of the molecule is COc1cccc(Oc2c(N)cc(C#N)cc2OCCO)c1. The van der Waals surface area contributed by atoms with Gasteiger partial charge in [-0.1, -0.05) is 6.07 Å². The van der Waals surface area contributed by atoms with Crippen molar-refractivity contribution in [2.45, 2.75) is 0 Å². The average Bonchev–Trinajstić information content (AvgIpc) is 2.55. The molecule has 0 radical (unpaired) electrons. The largest absolute Gasteiger partial charge is 0.497 e. The number of methoxy groups -OCH3 is 1. The van der Waals surface area contributed by atoms with Crippen molar-refractivity contribution in [2.75, 3.05) is 26.1 Å². The van der Waals surface area contributed by atoms with Crippen molar-refractivity contribution in [3.8, 4) is 29.1 Å². The molecular formula is C16H16N2O4. The lowest BCUT2D eigenvalue weighted by Crippen LogP contribution is -2.04. The van der Waals surface area contributed by atoms with Crippen molar-refractivity contribution in [2.24, 2.45) is 0 Å². The third-order valence-electron chi connectivity index (χ3n) is 2.82. The molecule has 3 N–H and O–H groups in total. The van der Waals surface area contributed by atoms with Gasteiger partial charge in [0.2, 0.25) is 0 Å². The summed E-state index contributed by atoms with van der Waals surface area (Å²) >= 11 is 0. The van der Waals surface area contributed by atoms with Crippen LogP contribution in [-0.4, -0.2) is 25.4 Å². The summed E-state index contributed by atoms with van der Waals surface area (Å²) < 4.78 is 16.3. The molecule has 0 saturated carbocycles. The Morgan fingerprint density at radius 2 is 2.00 bits per heavy atom. The van der Waals surface area contributed by atoms with Crippen LogP contribution in [0.15, 0.2) is 36.4 Å². The molecule has 0 saturated heterocycles. The van der Waals surface area contributed by atoms with Gasteiger partial charge in [-0.2, -0.15) is 5.26 Å². The summed E-state index contributed by atoms with van der Waals surface area (Å²) in [4.78, 5) is 0. The minimum Gasteiger partial charge on any atom is -0.497 e. The van der Waals surface area contributed by atoms with E-state index in [1.54, 1.807) is 31.4 Å². The van der Waals surface area contributed by atoms with Crippen LogP contribution in [-0.2, 0) is 0 Å². The lowest BCUT2D eigenvalue weighted by Gasteiger charge is -2.15. The highest BCUT2D eigenvalue weighted by molar-refractivity contribution is 5.65. The van der Waals surface area contributed by atoms with Crippen LogP contribution in [0.1, 0.15) is 5.56 Å². The molecule has 0 aliphatic heterocycles. The highest BCUT2D eigenvalue weighted by Gasteiger charge is 2.13. The van der Waals surface area contributed by atoms with Crippen molar-refractivity contribution in [1.82, 2.24) is 0 Å². The molecule has 2 aromatic carbocycles. The molecule has 0 bridgehead atoms. The van der Waals surface area contributed by atoms with Gasteiger partial charge in [-0.05, 0) is 18.2 Å². The van der Waals surface area contributed by atoms with Crippen molar-refractivity contribution >= 4 is 5.69 Å². The summed E-state index contributed by atoms with van der Waals surface area (Å²) in [5, 5.41) is 17.9. The molecule has 0 atom stereocenters. The van der Waals surface area contributed by atoms with Crippen molar-refractivity contribution in [3.63, 3.8) is 0 Å². The fourth-order valence-electron chi connectivity index (χ4n) is 1.84. The normalized spacial score (nSPS) is 9.86. The van der Waals surface area contributed by atoms with E-state index in [9.17, 15) is 0 Å². The van der Waals surface area contributed by atoms with Gasteiger partial charge in [0.1, 0.15) is 18.1 Å². The molecule has 0 aliphatic carbocycles. The van der Waals surface area contributed by atoms with Crippen molar-refractivity contribution < 1.29 is 19.3 Å². The van der Waals surface area contributed by atoms with E-state index in [0.29, 0.717) is 28.6 Å². The minimum atomic E-state index is -0.157. The van der Waals surface area contributed by atoms with Crippen LogP contribution in [0.5, 0.6) is 23.0 Å².